The van der Waals surface area contributed by atoms with Crippen LogP contribution < -0.4 is 20.1 Å². The van der Waals surface area contributed by atoms with Gasteiger partial charge in [-0.15, -0.1) is 0 Å². The summed E-state index contributed by atoms with van der Waals surface area (Å²) in [6.45, 7) is 4.18. The Morgan fingerprint density at radius 3 is 2.44 bits per heavy atom. The number of pyridine rings is 1. The Balaban J connectivity index is 1.95. The van der Waals surface area contributed by atoms with Crippen molar-refractivity contribution in [2.45, 2.75) is 26.3 Å². The van der Waals surface area contributed by atoms with Crippen LogP contribution in [0.1, 0.15) is 40.3 Å². The van der Waals surface area contributed by atoms with Crippen LogP contribution in [0.2, 0.25) is 0 Å². The van der Waals surface area contributed by atoms with Crippen molar-refractivity contribution in [2.24, 2.45) is 0 Å². The smallest absolute Gasteiger partial charge is 0.270 e. The van der Waals surface area contributed by atoms with Gasteiger partial charge in [0.05, 0.1) is 14.2 Å². The molecule has 144 valence electrons. The topological polar surface area (TPSA) is 89.5 Å². The van der Waals surface area contributed by atoms with E-state index in [0.717, 1.165) is 5.56 Å². The van der Waals surface area contributed by atoms with Gasteiger partial charge in [0.1, 0.15) is 5.69 Å². The molecule has 0 unspecified atom stereocenters. The summed E-state index contributed by atoms with van der Waals surface area (Å²) in [5.74, 6) is 0.756. The zero-order chi connectivity index (χ0) is 19.8. The van der Waals surface area contributed by atoms with Crippen molar-refractivity contribution >= 4 is 11.8 Å². The van der Waals surface area contributed by atoms with E-state index in [2.05, 4.69) is 15.6 Å². The second kappa shape index (κ2) is 9.56. The fourth-order valence-electron chi connectivity index (χ4n) is 2.49. The first-order chi connectivity index (χ1) is 12.9. The first kappa shape index (κ1) is 20.2. The predicted octanol–water partition coefficient (Wildman–Crippen LogP) is 2.21. The number of benzene rings is 1. The molecule has 2 aromatic rings. The number of carbonyl (C=O) groups excluding carboxylic acids is 2. The zero-order valence-corrected chi connectivity index (χ0v) is 16.0. The minimum Gasteiger partial charge on any atom is -0.493 e. The molecule has 27 heavy (non-hydrogen) atoms. The number of hydrogen-bond donors (Lipinski definition) is 2. The second-order valence-electron chi connectivity index (χ2n) is 6.25. The van der Waals surface area contributed by atoms with Crippen LogP contribution in [-0.4, -0.2) is 43.6 Å². The highest BCUT2D eigenvalue weighted by Gasteiger charge is 2.12. The summed E-state index contributed by atoms with van der Waals surface area (Å²) in [5.41, 5.74) is 1.63. The van der Waals surface area contributed by atoms with Crippen molar-refractivity contribution in [2.75, 3.05) is 20.8 Å². The maximum Gasteiger partial charge on any atom is 0.270 e. The third-order valence-corrected chi connectivity index (χ3v) is 3.82. The predicted molar refractivity (Wildman–Crippen MR) is 102 cm³/mol. The van der Waals surface area contributed by atoms with Crippen molar-refractivity contribution in [3.05, 3.63) is 53.3 Å². The third-order valence-electron chi connectivity index (χ3n) is 3.82. The number of aromatic nitrogens is 1. The minimum atomic E-state index is -0.301. The number of methoxy groups -OCH3 is 2. The lowest BCUT2D eigenvalue weighted by Crippen LogP contribution is -2.31. The maximum atomic E-state index is 12.3. The van der Waals surface area contributed by atoms with Crippen molar-refractivity contribution in [1.82, 2.24) is 15.6 Å². The van der Waals surface area contributed by atoms with Crippen LogP contribution in [0.25, 0.3) is 0 Å². The van der Waals surface area contributed by atoms with Gasteiger partial charge in [0.15, 0.2) is 11.5 Å². The lowest BCUT2D eigenvalue weighted by atomic mass is 10.1. The molecule has 0 spiro atoms. The van der Waals surface area contributed by atoms with E-state index in [0.29, 0.717) is 30.0 Å². The van der Waals surface area contributed by atoms with E-state index in [4.69, 9.17) is 9.47 Å². The fourth-order valence-corrected chi connectivity index (χ4v) is 2.49. The molecule has 1 aromatic heterocycles. The van der Waals surface area contributed by atoms with E-state index in [1.807, 2.05) is 32.0 Å². The van der Waals surface area contributed by atoms with Crippen LogP contribution in [0.3, 0.4) is 0 Å². The summed E-state index contributed by atoms with van der Waals surface area (Å²) in [6.07, 6.45) is 2.09. The monoisotopic (exact) mass is 371 g/mol. The lowest BCUT2D eigenvalue weighted by molar-refractivity contribution is 0.0938. The van der Waals surface area contributed by atoms with Gasteiger partial charge in [-0.25, -0.2) is 0 Å². The molecule has 2 amide bonds. The average molecular weight is 371 g/mol. The molecule has 0 aliphatic carbocycles. The van der Waals surface area contributed by atoms with Gasteiger partial charge < -0.3 is 20.1 Å². The Morgan fingerprint density at radius 1 is 1.04 bits per heavy atom. The van der Waals surface area contributed by atoms with Gasteiger partial charge in [-0.05, 0) is 50.1 Å². The summed E-state index contributed by atoms with van der Waals surface area (Å²) in [6, 6.07) is 8.71. The average Bonchev–Trinajstić information content (AvgIpc) is 2.67. The Kier molecular flexibility index (Phi) is 7.16. The van der Waals surface area contributed by atoms with Gasteiger partial charge in [-0.1, -0.05) is 6.07 Å². The summed E-state index contributed by atoms with van der Waals surface area (Å²) in [7, 11) is 3.17. The van der Waals surface area contributed by atoms with E-state index < -0.39 is 0 Å². The van der Waals surface area contributed by atoms with Gasteiger partial charge >= 0.3 is 0 Å². The van der Waals surface area contributed by atoms with E-state index in [1.165, 1.54) is 12.3 Å². The minimum absolute atomic E-state index is 0.00160. The number of carbonyl (C=O) groups is 2. The molecule has 2 rings (SSSR count). The van der Waals surface area contributed by atoms with Crippen LogP contribution in [0, 0.1) is 0 Å². The molecule has 0 radical (unpaired) electrons. The summed E-state index contributed by atoms with van der Waals surface area (Å²) in [5, 5.41) is 5.60. The highest BCUT2D eigenvalue weighted by atomic mass is 16.5. The molecule has 0 fully saturated rings. The Bertz CT molecular complexity index is 806. The Labute approximate surface area is 159 Å². The second-order valence-corrected chi connectivity index (χ2v) is 6.25. The molecule has 2 N–H and O–H groups in total. The fraction of sp³-hybridized carbons (Fsp3) is 0.350. The van der Waals surface area contributed by atoms with Crippen molar-refractivity contribution < 1.29 is 19.1 Å². The Morgan fingerprint density at radius 2 is 1.78 bits per heavy atom. The molecule has 0 aliphatic rings. The molecule has 0 atom stereocenters. The molecular formula is C20H25N3O4. The number of amides is 2. The van der Waals surface area contributed by atoms with Crippen molar-refractivity contribution in [3.8, 4) is 11.5 Å². The molecule has 0 saturated carbocycles. The molecule has 0 saturated heterocycles. The molecule has 0 aliphatic heterocycles. The number of nitrogens with one attached hydrogen (secondary N) is 2. The molecule has 1 aromatic carbocycles. The number of hydrogen-bond acceptors (Lipinski definition) is 5. The van der Waals surface area contributed by atoms with Crippen LogP contribution in [0.4, 0.5) is 0 Å². The molecule has 7 heteroatoms. The van der Waals surface area contributed by atoms with Crippen LogP contribution in [0.5, 0.6) is 11.5 Å². The maximum absolute atomic E-state index is 12.3. The lowest BCUT2D eigenvalue weighted by Gasteiger charge is -2.11. The van der Waals surface area contributed by atoms with E-state index in [9.17, 15) is 9.59 Å². The van der Waals surface area contributed by atoms with Crippen LogP contribution in [-0.2, 0) is 6.42 Å². The van der Waals surface area contributed by atoms with Crippen molar-refractivity contribution in [1.29, 1.82) is 0 Å². The summed E-state index contributed by atoms with van der Waals surface area (Å²) >= 11 is 0. The molecule has 1 heterocycles. The first-order valence-corrected chi connectivity index (χ1v) is 8.70. The Hall–Kier alpha value is -3.09. The normalized spacial score (nSPS) is 10.4. The van der Waals surface area contributed by atoms with Gasteiger partial charge in [-0.3, -0.25) is 14.6 Å². The largest absolute Gasteiger partial charge is 0.493 e. The first-order valence-electron chi connectivity index (χ1n) is 8.70. The highest BCUT2D eigenvalue weighted by Crippen LogP contribution is 2.27. The molecule has 7 nitrogen and oxygen atoms in total. The van der Waals surface area contributed by atoms with Gasteiger partial charge in [0, 0.05) is 24.3 Å². The van der Waals surface area contributed by atoms with E-state index >= 15 is 0 Å². The van der Waals surface area contributed by atoms with Gasteiger partial charge in [-0.2, -0.15) is 0 Å². The summed E-state index contributed by atoms with van der Waals surface area (Å²) in [4.78, 5) is 28.4. The number of nitrogens with zero attached hydrogens (tertiary/aromatic N) is 1. The highest BCUT2D eigenvalue weighted by molar-refractivity contribution is 5.98. The third kappa shape index (κ3) is 5.70. The molecule has 0 bridgehead atoms. The van der Waals surface area contributed by atoms with Crippen molar-refractivity contribution in [3.63, 3.8) is 0 Å². The SMILES string of the molecule is COc1ccc(CCNC(=O)c2ccnc(C(=O)NC(C)C)c2)cc1OC. The quantitative estimate of drug-likeness (QED) is 0.743. The number of ether oxygens (including phenoxy) is 2. The summed E-state index contributed by atoms with van der Waals surface area (Å²) < 4.78 is 10.5. The molecular weight excluding hydrogens is 346 g/mol. The van der Waals surface area contributed by atoms with E-state index in [-0.39, 0.29) is 23.6 Å². The van der Waals surface area contributed by atoms with Gasteiger partial charge in [0.25, 0.3) is 11.8 Å². The number of rotatable bonds is 8. The zero-order valence-electron chi connectivity index (χ0n) is 16.0. The van der Waals surface area contributed by atoms with E-state index in [1.54, 1.807) is 20.3 Å². The van der Waals surface area contributed by atoms with Crippen LogP contribution >= 0.6 is 0 Å². The van der Waals surface area contributed by atoms with Crippen LogP contribution in [0.15, 0.2) is 36.5 Å². The standard InChI is InChI=1S/C20H25N3O4/c1-13(2)23-20(25)16-12-15(8-10-21-16)19(24)22-9-7-14-5-6-17(26-3)18(11-14)27-4/h5-6,8,10-13H,7,9H2,1-4H3,(H,22,24)(H,23,25). The van der Waals surface area contributed by atoms with Gasteiger partial charge in [0.2, 0.25) is 0 Å².